The molecule has 0 bridgehead atoms. The number of nitrogens with one attached hydrogen (secondary N) is 1. The van der Waals surface area contributed by atoms with E-state index in [9.17, 15) is 9.65 Å². The minimum absolute atomic E-state index is 0.349. The van der Waals surface area contributed by atoms with Crippen LogP contribution in [-0.4, -0.2) is 9.97 Å². The number of nitriles is 1. The van der Waals surface area contributed by atoms with Crippen LogP contribution in [0.2, 0.25) is 0 Å². The first-order chi connectivity index (χ1) is 13.2. The van der Waals surface area contributed by atoms with Crippen LogP contribution in [0.25, 0.3) is 10.9 Å². The van der Waals surface area contributed by atoms with Gasteiger partial charge in [-0.25, -0.2) is 9.97 Å². The second kappa shape index (κ2) is 7.22. The van der Waals surface area contributed by atoms with Gasteiger partial charge in [0, 0.05) is 17.1 Å². The predicted molar refractivity (Wildman–Crippen MR) is 103 cm³/mol. The van der Waals surface area contributed by atoms with E-state index < -0.39 is 5.95 Å². The Morgan fingerprint density at radius 3 is 2.44 bits per heavy atom. The summed E-state index contributed by atoms with van der Waals surface area (Å²) in [7, 11) is 0. The number of benzene rings is 2. The van der Waals surface area contributed by atoms with Crippen LogP contribution in [0, 0.1) is 17.3 Å². The molecule has 1 N–H and O–H groups in total. The van der Waals surface area contributed by atoms with Crippen molar-refractivity contribution in [3.63, 3.8) is 0 Å². The first-order valence-corrected chi connectivity index (χ1v) is 8.47. The number of nitrogens with zero attached hydrogens (tertiary/aromatic N) is 3. The lowest BCUT2D eigenvalue weighted by molar-refractivity contribution is 0.586. The Labute approximate surface area is 156 Å². The van der Waals surface area contributed by atoms with Crippen molar-refractivity contribution < 1.29 is 4.39 Å². The van der Waals surface area contributed by atoms with E-state index in [4.69, 9.17) is 0 Å². The molecule has 0 amide bonds. The van der Waals surface area contributed by atoms with E-state index in [0.717, 1.165) is 12.1 Å². The first-order valence-electron chi connectivity index (χ1n) is 8.47. The molecule has 0 atom stereocenters. The van der Waals surface area contributed by atoms with E-state index in [-0.39, 0.29) is 0 Å². The van der Waals surface area contributed by atoms with Crippen LogP contribution < -0.4 is 5.32 Å². The van der Waals surface area contributed by atoms with Crippen LogP contribution in [-0.2, 0) is 6.42 Å². The Morgan fingerprint density at radius 2 is 1.70 bits per heavy atom. The van der Waals surface area contributed by atoms with Gasteiger partial charge in [0.15, 0.2) is 0 Å². The highest BCUT2D eigenvalue weighted by Crippen LogP contribution is 2.24. The quantitative estimate of drug-likeness (QED) is 0.525. The van der Waals surface area contributed by atoms with Crippen molar-refractivity contribution in [2.75, 3.05) is 5.32 Å². The van der Waals surface area contributed by atoms with Gasteiger partial charge >= 0.3 is 0 Å². The molecule has 4 rings (SSSR count). The summed E-state index contributed by atoms with van der Waals surface area (Å²) in [5.74, 6) is -0.169. The van der Waals surface area contributed by atoms with Crippen molar-refractivity contribution in [2.45, 2.75) is 6.42 Å². The van der Waals surface area contributed by atoms with Gasteiger partial charge in [0.1, 0.15) is 11.9 Å². The Hall–Kier alpha value is -3.78. The fourth-order valence-electron chi connectivity index (χ4n) is 2.91. The van der Waals surface area contributed by atoms with Crippen LogP contribution in [0.15, 0.2) is 72.9 Å². The third-order valence-corrected chi connectivity index (χ3v) is 4.26. The Bertz CT molecular complexity index is 1130. The second-order valence-electron chi connectivity index (χ2n) is 6.18. The zero-order valence-electron chi connectivity index (χ0n) is 14.4. The fourth-order valence-corrected chi connectivity index (χ4v) is 2.91. The molecule has 0 radical (unpaired) electrons. The highest BCUT2D eigenvalue weighted by atomic mass is 19.1. The maximum absolute atomic E-state index is 13.3. The maximum Gasteiger partial charge on any atom is 0.213 e. The van der Waals surface area contributed by atoms with Crippen molar-refractivity contribution >= 4 is 22.4 Å². The molecular formula is C22H15FN4. The molecule has 0 saturated carbocycles. The third-order valence-electron chi connectivity index (χ3n) is 4.26. The molecule has 2 aromatic heterocycles. The molecule has 0 saturated heterocycles. The highest BCUT2D eigenvalue weighted by molar-refractivity contribution is 5.83. The minimum atomic E-state index is -0.595. The molecule has 0 unspecified atom stereocenters. The molecule has 5 heteroatoms. The standard InChI is InChI=1S/C22H15FN4/c23-21-12-17-11-18(13-24)22(27-20(17)14-25-21)26-19-8-6-16(7-9-19)10-15-4-2-1-3-5-15/h1-9,11-12,14H,10H2,(H,26,27). The van der Waals surface area contributed by atoms with Gasteiger partial charge in [-0.15, -0.1) is 0 Å². The number of anilines is 2. The van der Waals surface area contributed by atoms with Gasteiger partial charge in [0.05, 0.1) is 17.3 Å². The van der Waals surface area contributed by atoms with Crippen LogP contribution in [0.4, 0.5) is 15.9 Å². The summed E-state index contributed by atoms with van der Waals surface area (Å²) in [5, 5.41) is 13.1. The summed E-state index contributed by atoms with van der Waals surface area (Å²) >= 11 is 0. The smallest absolute Gasteiger partial charge is 0.213 e. The zero-order valence-corrected chi connectivity index (χ0v) is 14.4. The van der Waals surface area contributed by atoms with E-state index in [0.29, 0.717) is 22.3 Å². The predicted octanol–water partition coefficient (Wildman–Crippen LogP) is 4.97. The van der Waals surface area contributed by atoms with Crippen molar-refractivity contribution in [1.29, 1.82) is 5.26 Å². The summed E-state index contributed by atoms with van der Waals surface area (Å²) in [4.78, 5) is 8.03. The monoisotopic (exact) mass is 354 g/mol. The number of halogens is 1. The van der Waals surface area contributed by atoms with Crippen molar-refractivity contribution in [3.8, 4) is 6.07 Å². The minimum Gasteiger partial charge on any atom is -0.339 e. The van der Waals surface area contributed by atoms with Gasteiger partial charge in [-0.05, 0) is 35.7 Å². The SMILES string of the molecule is N#Cc1cc2cc(F)ncc2nc1Nc1ccc(Cc2ccccc2)cc1. The summed E-state index contributed by atoms with van der Waals surface area (Å²) in [5.41, 5.74) is 4.14. The molecule has 0 spiro atoms. The molecule has 4 nitrogen and oxygen atoms in total. The number of rotatable bonds is 4. The Balaban J connectivity index is 1.58. The molecule has 0 fully saturated rings. The van der Waals surface area contributed by atoms with Gasteiger partial charge in [0.25, 0.3) is 0 Å². The molecular weight excluding hydrogens is 339 g/mol. The van der Waals surface area contributed by atoms with Gasteiger partial charge in [-0.2, -0.15) is 9.65 Å². The summed E-state index contributed by atoms with van der Waals surface area (Å²) in [6, 6.07) is 23.2. The molecule has 27 heavy (non-hydrogen) atoms. The van der Waals surface area contributed by atoms with Gasteiger partial charge in [0.2, 0.25) is 5.95 Å². The lowest BCUT2D eigenvalue weighted by atomic mass is 10.0. The van der Waals surface area contributed by atoms with E-state index in [1.165, 1.54) is 23.4 Å². The summed E-state index contributed by atoms with van der Waals surface area (Å²) in [6.45, 7) is 0. The van der Waals surface area contributed by atoms with Crippen molar-refractivity contribution in [2.24, 2.45) is 0 Å². The fraction of sp³-hybridized carbons (Fsp3) is 0.0455. The van der Waals surface area contributed by atoms with E-state index in [2.05, 4.69) is 33.5 Å². The van der Waals surface area contributed by atoms with E-state index in [1.54, 1.807) is 6.07 Å². The topological polar surface area (TPSA) is 61.6 Å². The Kier molecular flexibility index (Phi) is 4.46. The largest absolute Gasteiger partial charge is 0.339 e. The van der Waals surface area contributed by atoms with Crippen LogP contribution >= 0.6 is 0 Å². The molecule has 0 aliphatic rings. The second-order valence-corrected chi connectivity index (χ2v) is 6.18. The molecule has 2 aromatic carbocycles. The molecule has 0 aliphatic carbocycles. The van der Waals surface area contributed by atoms with Gasteiger partial charge in [-0.3, -0.25) is 0 Å². The van der Waals surface area contributed by atoms with E-state index in [1.807, 2.05) is 42.5 Å². The van der Waals surface area contributed by atoms with Crippen molar-refractivity contribution in [1.82, 2.24) is 9.97 Å². The van der Waals surface area contributed by atoms with E-state index >= 15 is 0 Å². The molecule has 130 valence electrons. The van der Waals surface area contributed by atoms with Gasteiger partial charge < -0.3 is 5.32 Å². The van der Waals surface area contributed by atoms with Gasteiger partial charge in [-0.1, -0.05) is 42.5 Å². The zero-order chi connectivity index (χ0) is 18.6. The maximum atomic E-state index is 13.3. The third kappa shape index (κ3) is 3.75. The average Bonchev–Trinajstić information content (AvgIpc) is 2.70. The summed E-state index contributed by atoms with van der Waals surface area (Å²) in [6.07, 6.45) is 2.22. The van der Waals surface area contributed by atoms with Crippen LogP contribution in [0.5, 0.6) is 0 Å². The van der Waals surface area contributed by atoms with Crippen molar-refractivity contribution in [3.05, 3.63) is 95.6 Å². The average molecular weight is 354 g/mol. The lowest BCUT2D eigenvalue weighted by Gasteiger charge is -2.10. The number of fused-ring (bicyclic) bond motifs is 1. The number of hydrogen-bond acceptors (Lipinski definition) is 4. The van der Waals surface area contributed by atoms with Crippen LogP contribution in [0.1, 0.15) is 16.7 Å². The molecule has 4 aromatic rings. The number of aromatic nitrogens is 2. The molecule has 0 aliphatic heterocycles. The molecule has 2 heterocycles. The lowest BCUT2D eigenvalue weighted by Crippen LogP contribution is -1.99. The first kappa shape index (κ1) is 16.7. The Morgan fingerprint density at radius 1 is 0.963 bits per heavy atom. The van der Waals surface area contributed by atoms with Crippen LogP contribution in [0.3, 0.4) is 0 Å². The highest BCUT2D eigenvalue weighted by Gasteiger charge is 2.09. The number of hydrogen-bond donors (Lipinski definition) is 1. The normalized spacial score (nSPS) is 10.5. The summed E-state index contributed by atoms with van der Waals surface area (Å²) < 4.78 is 13.3. The number of pyridine rings is 2.